The zero-order valence-electron chi connectivity index (χ0n) is 11.5. The first-order chi connectivity index (χ1) is 8.69. The molecule has 0 saturated carbocycles. The third kappa shape index (κ3) is 8.30. The van der Waals surface area contributed by atoms with E-state index < -0.39 is 29.6 Å². The van der Waals surface area contributed by atoms with Gasteiger partial charge in [-0.05, 0) is 20.8 Å². The van der Waals surface area contributed by atoms with E-state index in [1.54, 1.807) is 20.8 Å². The fourth-order valence-corrected chi connectivity index (χ4v) is 1.26. The molecule has 0 fully saturated rings. The van der Waals surface area contributed by atoms with E-state index in [2.05, 4.69) is 28.0 Å². The van der Waals surface area contributed by atoms with Gasteiger partial charge in [0.15, 0.2) is 0 Å². The van der Waals surface area contributed by atoms with Crippen molar-refractivity contribution in [3.8, 4) is 0 Å². The lowest BCUT2D eigenvalue weighted by molar-refractivity contribution is -0.141. The summed E-state index contributed by atoms with van der Waals surface area (Å²) in [6.45, 7) is 4.86. The quantitative estimate of drug-likeness (QED) is 0.493. The summed E-state index contributed by atoms with van der Waals surface area (Å²) in [6.07, 6.45) is -0.722. The molecule has 2 amide bonds. The third-order valence-electron chi connectivity index (χ3n) is 1.82. The normalized spacial score (nSPS) is 12.3. The largest absolute Gasteiger partial charge is 0.468 e. The van der Waals surface area contributed by atoms with Crippen LogP contribution in [0, 0.1) is 0 Å². The minimum absolute atomic E-state index is 0.0756. The molecule has 110 valence electrons. The number of ether oxygens (including phenoxy) is 2. The van der Waals surface area contributed by atoms with Gasteiger partial charge in [0.1, 0.15) is 18.2 Å². The van der Waals surface area contributed by atoms with Gasteiger partial charge < -0.3 is 20.1 Å². The maximum Gasteiger partial charge on any atom is 0.408 e. The van der Waals surface area contributed by atoms with Crippen LogP contribution in [0.4, 0.5) is 4.79 Å². The van der Waals surface area contributed by atoms with Crippen LogP contribution in [0.2, 0.25) is 0 Å². The van der Waals surface area contributed by atoms with Gasteiger partial charge in [-0.25, -0.2) is 4.79 Å². The minimum atomic E-state index is -0.886. The van der Waals surface area contributed by atoms with E-state index in [4.69, 9.17) is 4.74 Å². The second kappa shape index (κ2) is 7.88. The summed E-state index contributed by atoms with van der Waals surface area (Å²) < 4.78 is 9.39. The molecule has 1 unspecified atom stereocenters. The molecular weight excluding hydrogens is 272 g/mol. The Morgan fingerprint density at radius 2 is 1.84 bits per heavy atom. The van der Waals surface area contributed by atoms with Crippen molar-refractivity contribution in [1.82, 2.24) is 10.6 Å². The second-order valence-corrected chi connectivity index (χ2v) is 5.04. The van der Waals surface area contributed by atoms with Gasteiger partial charge in [0.05, 0.1) is 7.11 Å². The van der Waals surface area contributed by atoms with Crippen LogP contribution in [0.3, 0.4) is 0 Å². The summed E-state index contributed by atoms with van der Waals surface area (Å²) in [5.74, 6) is -1.04. The van der Waals surface area contributed by atoms with Crippen LogP contribution in [0.5, 0.6) is 0 Å². The first kappa shape index (κ1) is 17.6. The number of rotatable bonds is 5. The van der Waals surface area contributed by atoms with Gasteiger partial charge in [0, 0.05) is 5.75 Å². The molecule has 8 heteroatoms. The number of hydrogen-bond donors (Lipinski definition) is 3. The van der Waals surface area contributed by atoms with Crippen LogP contribution >= 0.6 is 12.6 Å². The van der Waals surface area contributed by atoms with Gasteiger partial charge in [-0.1, -0.05) is 0 Å². The number of carbonyl (C=O) groups is 3. The summed E-state index contributed by atoms with van der Waals surface area (Å²) >= 11 is 3.96. The lowest BCUT2D eigenvalue weighted by atomic mass is 10.2. The van der Waals surface area contributed by atoms with E-state index >= 15 is 0 Å². The Balaban J connectivity index is 4.30. The van der Waals surface area contributed by atoms with E-state index in [-0.39, 0.29) is 12.3 Å². The van der Waals surface area contributed by atoms with Crippen molar-refractivity contribution >= 4 is 30.6 Å². The average Bonchev–Trinajstić information content (AvgIpc) is 2.30. The molecule has 19 heavy (non-hydrogen) atoms. The van der Waals surface area contributed by atoms with Crippen LogP contribution in [-0.4, -0.2) is 49.0 Å². The topological polar surface area (TPSA) is 93.7 Å². The molecule has 0 saturated heterocycles. The molecule has 0 heterocycles. The molecule has 1 atom stereocenters. The van der Waals surface area contributed by atoms with Crippen LogP contribution in [-0.2, 0) is 19.1 Å². The first-order valence-corrected chi connectivity index (χ1v) is 6.27. The summed E-state index contributed by atoms with van der Waals surface area (Å²) in [6, 6.07) is -0.886. The molecule has 0 aliphatic rings. The molecule has 0 aliphatic heterocycles. The fourth-order valence-electron chi connectivity index (χ4n) is 0.999. The standard InChI is InChI=1S/C11H20N2O5S/c1-11(2,3)18-10(16)13-7(6-19)9(15)12-5-8(14)17-4/h7,19H,5-6H2,1-4H3,(H,12,15)(H,13,16). The van der Waals surface area contributed by atoms with Crippen LogP contribution in [0.1, 0.15) is 20.8 Å². The Bertz CT molecular complexity index is 340. The number of esters is 1. The minimum Gasteiger partial charge on any atom is -0.468 e. The van der Waals surface area contributed by atoms with Gasteiger partial charge in [0.25, 0.3) is 0 Å². The van der Waals surface area contributed by atoms with Crippen molar-refractivity contribution in [2.45, 2.75) is 32.4 Å². The monoisotopic (exact) mass is 292 g/mol. The molecule has 0 aromatic carbocycles. The molecule has 0 bridgehead atoms. The number of carbonyl (C=O) groups excluding carboxylic acids is 3. The average molecular weight is 292 g/mol. The van der Waals surface area contributed by atoms with E-state index in [9.17, 15) is 14.4 Å². The Kier molecular flexibility index (Phi) is 7.28. The Labute approximate surface area is 117 Å². The first-order valence-electron chi connectivity index (χ1n) is 5.64. The fraction of sp³-hybridized carbons (Fsp3) is 0.727. The number of alkyl carbamates (subject to hydrolysis) is 1. The van der Waals surface area contributed by atoms with Crippen LogP contribution in [0.25, 0.3) is 0 Å². The van der Waals surface area contributed by atoms with E-state index in [0.717, 1.165) is 0 Å². The van der Waals surface area contributed by atoms with E-state index in [1.165, 1.54) is 7.11 Å². The van der Waals surface area contributed by atoms with Gasteiger partial charge >= 0.3 is 12.1 Å². The van der Waals surface area contributed by atoms with Crippen LogP contribution in [0.15, 0.2) is 0 Å². The van der Waals surface area contributed by atoms with E-state index in [0.29, 0.717) is 0 Å². The molecule has 0 radical (unpaired) electrons. The Hall–Kier alpha value is -1.44. The van der Waals surface area contributed by atoms with Crippen molar-refractivity contribution in [3.63, 3.8) is 0 Å². The summed E-state index contributed by atoms with van der Waals surface area (Å²) in [4.78, 5) is 34.0. The zero-order valence-corrected chi connectivity index (χ0v) is 12.4. The highest BCUT2D eigenvalue weighted by molar-refractivity contribution is 7.80. The molecular formula is C11H20N2O5S. The van der Waals surface area contributed by atoms with Crippen molar-refractivity contribution in [1.29, 1.82) is 0 Å². The summed E-state index contributed by atoms with van der Waals surface area (Å²) in [5, 5.41) is 4.68. The summed E-state index contributed by atoms with van der Waals surface area (Å²) in [7, 11) is 1.21. The Morgan fingerprint density at radius 1 is 1.26 bits per heavy atom. The number of nitrogens with one attached hydrogen (secondary N) is 2. The highest BCUT2D eigenvalue weighted by atomic mass is 32.1. The van der Waals surface area contributed by atoms with Crippen LogP contribution < -0.4 is 10.6 Å². The van der Waals surface area contributed by atoms with Crippen molar-refractivity contribution < 1.29 is 23.9 Å². The molecule has 0 aromatic heterocycles. The van der Waals surface area contributed by atoms with Gasteiger partial charge in [-0.2, -0.15) is 12.6 Å². The molecule has 0 aromatic rings. The van der Waals surface area contributed by atoms with Crippen molar-refractivity contribution in [2.24, 2.45) is 0 Å². The predicted molar refractivity (Wildman–Crippen MR) is 72.0 cm³/mol. The van der Waals surface area contributed by atoms with E-state index in [1.807, 2.05) is 0 Å². The number of methoxy groups -OCH3 is 1. The number of thiol groups is 1. The zero-order chi connectivity index (χ0) is 15.1. The van der Waals surface area contributed by atoms with Gasteiger partial charge in [-0.15, -0.1) is 0 Å². The lowest BCUT2D eigenvalue weighted by Gasteiger charge is -2.22. The van der Waals surface area contributed by atoms with Gasteiger partial charge in [0.2, 0.25) is 5.91 Å². The van der Waals surface area contributed by atoms with Crippen molar-refractivity contribution in [2.75, 3.05) is 19.4 Å². The third-order valence-corrected chi connectivity index (χ3v) is 2.19. The predicted octanol–water partition coefficient (Wildman–Crippen LogP) is 0.0987. The highest BCUT2D eigenvalue weighted by Gasteiger charge is 2.23. The number of hydrogen-bond acceptors (Lipinski definition) is 6. The SMILES string of the molecule is COC(=O)CNC(=O)C(CS)NC(=O)OC(C)(C)C. The number of amides is 2. The lowest BCUT2D eigenvalue weighted by Crippen LogP contribution is -2.50. The van der Waals surface area contributed by atoms with Gasteiger partial charge in [-0.3, -0.25) is 9.59 Å². The van der Waals surface area contributed by atoms with Crippen molar-refractivity contribution in [3.05, 3.63) is 0 Å². The Morgan fingerprint density at radius 3 is 2.26 bits per heavy atom. The smallest absolute Gasteiger partial charge is 0.408 e. The molecule has 0 spiro atoms. The molecule has 2 N–H and O–H groups in total. The highest BCUT2D eigenvalue weighted by Crippen LogP contribution is 2.06. The maximum atomic E-state index is 11.7. The molecule has 7 nitrogen and oxygen atoms in total. The molecule has 0 aliphatic carbocycles. The second-order valence-electron chi connectivity index (χ2n) is 4.68. The molecule has 0 rings (SSSR count). The summed E-state index contributed by atoms with van der Waals surface area (Å²) in [5.41, 5.74) is -0.659. The maximum absolute atomic E-state index is 11.7.